The molecule has 0 spiro atoms. The Labute approximate surface area is 98.4 Å². The van der Waals surface area contributed by atoms with E-state index < -0.39 is 0 Å². The Kier molecular flexibility index (Phi) is 4.42. The molecule has 0 aliphatic rings. The third-order valence-corrected chi connectivity index (χ3v) is 2.55. The average molecular weight is 274 g/mol. The maximum atomic E-state index is 8.88. The molecule has 84 valence electrons. The van der Waals surface area contributed by atoms with E-state index in [1.807, 2.05) is 26.0 Å². The second-order valence-corrected chi connectivity index (χ2v) is 4.66. The van der Waals surface area contributed by atoms with Gasteiger partial charge in [0.05, 0.1) is 12.3 Å². The number of hydrogen-bond acceptors (Lipinski definition) is 3. The van der Waals surface area contributed by atoms with Crippen molar-refractivity contribution in [3.8, 4) is 5.75 Å². The van der Waals surface area contributed by atoms with Gasteiger partial charge in [-0.2, -0.15) is 0 Å². The summed E-state index contributed by atoms with van der Waals surface area (Å²) in [7, 11) is 0. The second-order valence-electron chi connectivity index (χ2n) is 3.74. The Morgan fingerprint density at radius 3 is 2.73 bits per heavy atom. The Hall–Kier alpha value is -0.740. The summed E-state index contributed by atoms with van der Waals surface area (Å²) in [6.45, 7) is 4.46. The number of hydrogen-bond donors (Lipinski definition) is 2. The van der Waals surface area contributed by atoms with Gasteiger partial charge in [-0.25, -0.2) is 0 Å². The van der Waals surface area contributed by atoms with Gasteiger partial charge in [-0.1, -0.05) is 22.9 Å². The maximum Gasteiger partial charge on any atom is 0.145 e. The molecule has 1 aromatic carbocycles. The van der Waals surface area contributed by atoms with Crippen molar-refractivity contribution in [3.63, 3.8) is 0 Å². The maximum absolute atomic E-state index is 8.88. The molecular weight excluding hydrogens is 258 g/mol. The monoisotopic (exact) mass is 273 g/mol. The molecule has 1 aromatic rings. The molecule has 15 heavy (non-hydrogen) atoms. The van der Waals surface area contributed by atoms with Crippen LogP contribution in [0.4, 0.5) is 5.69 Å². The molecular formula is C11H16BrNO2. The van der Waals surface area contributed by atoms with Crippen LogP contribution in [0.2, 0.25) is 0 Å². The number of nitrogens with two attached hydrogens (primary N) is 1. The highest BCUT2D eigenvalue weighted by Crippen LogP contribution is 2.30. The van der Waals surface area contributed by atoms with Crippen LogP contribution in [0.5, 0.6) is 5.75 Å². The van der Waals surface area contributed by atoms with E-state index in [-0.39, 0.29) is 12.5 Å². The number of benzene rings is 1. The fraction of sp³-hybridized carbons (Fsp3) is 0.455. The molecule has 3 N–H and O–H groups in total. The number of ether oxygens (including phenoxy) is 1. The normalized spacial score (nSPS) is 12.5. The summed E-state index contributed by atoms with van der Waals surface area (Å²) in [5.41, 5.74) is 7.44. The first kappa shape index (κ1) is 12.3. The SMILES string of the molecule is Cc1cc(Br)cc(N)c1OCC(C)CO. The van der Waals surface area contributed by atoms with Gasteiger partial charge in [0.2, 0.25) is 0 Å². The summed E-state index contributed by atoms with van der Waals surface area (Å²) >= 11 is 3.37. The molecule has 0 fully saturated rings. The zero-order valence-corrected chi connectivity index (χ0v) is 10.5. The first-order chi connectivity index (χ1) is 7.04. The predicted molar refractivity (Wildman–Crippen MR) is 65.0 cm³/mol. The highest BCUT2D eigenvalue weighted by Gasteiger charge is 2.08. The lowest BCUT2D eigenvalue weighted by Gasteiger charge is -2.14. The highest BCUT2D eigenvalue weighted by atomic mass is 79.9. The molecule has 0 saturated carbocycles. The molecule has 0 bridgehead atoms. The van der Waals surface area contributed by atoms with Gasteiger partial charge in [-0.05, 0) is 24.6 Å². The quantitative estimate of drug-likeness (QED) is 0.829. The Balaban J connectivity index is 2.77. The minimum Gasteiger partial charge on any atom is -0.491 e. The zero-order valence-electron chi connectivity index (χ0n) is 8.96. The predicted octanol–water partition coefficient (Wildman–Crippen LogP) is 2.35. The Bertz CT molecular complexity index is 318. The van der Waals surface area contributed by atoms with Crippen molar-refractivity contribution in [2.24, 2.45) is 5.92 Å². The van der Waals surface area contributed by atoms with Crippen molar-refractivity contribution >= 4 is 21.6 Å². The average Bonchev–Trinajstić information content (AvgIpc) is 2.15. The van der Waals surface area contributed by atoms with Gasteiger partial charge < -0.3 is 15.6 Å². The summed E-state index contributed by atoms with van der Waals surface area (Å²) in [6, 6.07) is 3.77. The lowest BCUT2D eigenvalue weighted by molar-refractivity contribution is 0.174. The van der Waals surface area contributed by atoms with Crippen molar-refractivity contribution in [2.45, 2.75) is 13.8 Å². The summed E-state index contributed by atoms with van der Waals surface area (Å²) in [5, 5.41) is 8.88. The summed E-state index contributed by atoms with van der Waals surface area (Å²) in [5.74, 6) is 0.825. The van der Waals surface area contributed by atoms with Gasteiger partial charge in [0.1, 0.15) is 5.75 Å². The molecule has 1 rings (SSSR count). The molecule has 0 saturated heterocycles. The number of anilines is 1. The van der Waals surface area contributed by atoms with E-state index in [2.05, 4.69) is 15.9 Å². The van der Waals surface area contributed by atoms with Gasteiger partial charge in [0.25, 0.3) is 0 Å². The molecule has 3 nitrogen and oxygen atoms in total. The Morgan fingerprint density at radius 1 is 1.53 bits per heavy atom. The van der Waals surface area contributed by atoms with E-state index in [1.54, 1.807) is 0 Å². The van der Waals surface area contributed by atoms with E-state index in [4.69, 9.17) is 15.6 Å². The Morgan fingerprint density at radius 2 is 2.20 bits per heavy atom. The lowest BCUT2D eigenvalue weighted by Crippen LogP contribution is -2.13. The third kappa shape index (κ3) is 3.39. The van der Waals surface area contributed by atoms with Gasteiger partial charge >= 0.3 is 0 Å². The van der Waals surface area contributed by atoms with Crippen LogP contribution in [0.1, 0.15) is 12.5 Å². The topological polar surface area (TPSA) is 55.5 Å². The van der Waals surface area contributed by atoms with Crippen LogP contribution in [0, 0.1) is 12.8 Å². The van der Waals surface area contributed by atoms with Gasteiger partial charge in [0.15, 0.2) is 0 Å². The number of aliphatic hydroxyl groups excluding tert-OH is 1. The second kappa shape index (κ2) is 5.37. The van der Waals surface area contributed by atoms with E-state index >= 15 is 0 Å². The van der Waals surface area contributed by atoms with Crippen molar-refractivity contribution < 1.29 is 9.84 Å². The molecule has 1 atom stereocenters. The fourth-order valence-corrected chi connectivity index (χ4v) is 1.82. The number of rotatable bonds is 4. The molecule has 0 aliphatic heterocycles. The summed E-state index contributed by atoms with van der Waals surface area (Å²) < 4.78 is 6.51. The lowest BCUT2D eigenvalue weighted by atomic mass is 10.2. The van der Waals surface area contributed by atoms with Gasteiger partial charge in [0, 0.05) is 17.0 Å². The van der Waals surface area contributed by atoms with E-state index in [0.717, 1.165) is 10.0 Å². The molecule has 0 heterocycles. The van der Waals surface area contributed by atoms with Gasteiger partial charge in [-0.3, -0.25) is 0 Å². The largest absolute Gasteiger partial charge is 0.491 e. The highest BCUT2D eigenvalue weighted by molar-refractivity contribution is 9.10. The van der Waals surface area contributed by atoms with Gasteiger partial charge in [-0.15, -0.1) is 0 Å². The number of aliphatic hydroxyl groups is 1. The van der Waals surface area contributed by atoms with Crippen LogP contribution in [0.3, 0.4) is 0 Å². The minimum absolute atomic E-state index is 0.118. The van der Waals surface area contributed by atoms with E-state index in [1.165, 1.54) is 0 Å². The van der Waals surface area contributed by atoms with Crippen LogP contribution in [0.15, 0.2) is 16.6 Å². The fourth-order valence-electron chi connectivity index (χ4n) is 1.23. The van der Waals surface area contributed by atoms with Crippen molar-refractivity contribution in [3.05, 3.63) is 22.2 Å². The van der Waals surface area contributed by atoms with Crippen LogP contribution in [-0.4, -0.2) is 18.3 Å². The van der Waals surface area contributed by atoms with Crippen LogP contribution >= 0.6 is 15.9 Å². The molecule has 0 aliphatic carbocycles. The number of aryl methyl sites for hydroxylation is 1. The first-order valence-corrected chi connectivity index (χ1v) is 5.63. The van der Waals surface area contributed by atoms with Crippen LogP contribution in [0.25, 0.3) is 0 Å². The van der Waals surface area contributed by atoms with E-state index in [0.29, 0.717) is 18.0 Å². The number of nitrogen functional groups attached to an aromatic ring is 1. The molecule has 1 unspecified atom stereocenters. The third-order valence-electron chi connectivity index (χ3n) is 2.09. The standard InChI is InChI=1S/C11H16BrNO2/c1-7(5-14)6-15-11-8(2)3-9(12)4-10(11)13/h3-4,7,14H,5-6,13H2,1-2H3. The van der Waals surface area contributed by atoms with E-state index in [9.17, 15) is 0 Å². The van der Waals surface area contributed by atoms with Crippen molar-refractivity contribution in [2.75, 3.05) is 18.9 Å². The summed E-state index contributed by atoms with van der Waals surface area (Å²) in [4.78, 5) is 0. The first-order valence-electron chi connectivity index (χ1n) is 4.84. The smallest absolute Gasteiger partial charge is 0.145 e. The van der Waals surface area contributed by atoms with Crippen molar-refractivity contribution in [1.82, 2.24) is 0 Å². The molecule has 0 amide bonds. The van der Waals surface area contributed by atoms with Crippen LogP contribution < -0.4 is 10.5 Å². The number of halogens is 1. The molecule has 4 heteroatoms. The molecule has 0 aromatic heterocycles. The molecule has 0 radical (unpaired) electrons. The zero-order chi connectivity index (χ0) is 11.4. The van der Waals surface area contributed by atoms with Crippen molar-refractivity contribution in [1.29, 1.82) is 0 Å². The summed E-state index contributed by atoms with van der Waals surface area (Å²) in [6.07, 6.45) is 0. The van der Waals surface area contributed by atoms with Crippen LogP contribution in [-0.2, 0) is 0 Å². The minimum atomic E-state index is 0.118.